The number of anilines is 2. The van der Waals surface area contributed by atoms with Gasteiger partial charge in [-0.15, -0.1) is 0 Å². The summed E-state index contributed by atoms with van der Waals surface area (Å²) in [4.78, 5) is 29.4. The van der Waals surface area contributed by atoms with Gasteiger partial charge in [0, 0.05) is 51.6 Å². The highest BCUT2D eigenvalue weighted by Crippen LogP contribution is 2.37. The average molecular weight is 551 g/mol. The Bertz CT molecular complexity index is 1610. The number of hydrogen-bond acceptors (Lipinski definition) is 5. The van der Waals surface area contributed by atoms with E-state index in [1.807, 2.05) is 30.3 Å². The first-order valence-electron chi connectivity index (χ1n) is 13.0. The van der Waals surface area contributed by atoms with Gasteiger partial charge >= 0.3 is 6.09 Å². The molecule has 0 radical (unpaired) electrons. The topological polar surface area (TPSA) is 104 Å². The minimum Gasteiger partial charge on any atom is -0.453 e. The minimum atomic E-state index is -0.581. The van der Waals surface area contributed by atoms with Gasteiger partial charge in [-0.05, 0) is 60.4 Å². The van der Waals surface area contributed by atoms with Gasteiger partial charge in [-0.2, -0.15) is 5.26 Å². The molecule has 1 aliphatic rings. The van der Waals surface area contributed by atoms with E-state index in [0.717, 1.165) is 52.8 Å². The summed E-state index contributed by atoms with van der Waals surface area (Å²) in [5.74, 6) is -0.0583. The lowest BCUT2D eigenvalue weighted by Gasteiger charge is -2.21. The molecule has 2 amide bonds. The molecule has 1 unspecified atom stereocenters. The Labute approximate surface area is 237 Å². The summed E-state index contributed by atoms with van der Waals surface area (Å²) in [7, 11) is 1.30. The minimum absolute atomic E-state index is 0.0231. The van der Waals surface area contributed by atoms with Crippen LogP contribution in [-0.4, -0.2) is 24.1 Å². The number of carbonyl (C=O) groups excluding carboxylic acids is 2. The standard InChI is InChI=1S/C32H27ClN4O3/c1-40-32(39)36-25-12-13-27-21-6-4-5-20(15-21)26(7-2-3-8-31(38)37-30(27)17-25)29-14-10-23(19-35-29)28-16-24(33)11-9-22(28)18-34/h4-6,9-17,19,26H,2-3,7-8H2,1H3,(H,36,39)(H,37,38). The van der Waals surface area contributed by atoms with Crippen LogP contribution in [-0.2, 0) is 9.53 Å². The van der Waals surface area contributed by atoms with E-state index in [9.17, 15) is 14.9 Å². The first-order chi connectivity index (χ1) is 19.4. The Morgan fingerprint density at radius 3 is 2.70 bits per heavy atom. The Morgan fingerprint density at radius 1 is 1.05 bits per heavy atom. The molecule has 8 heteroatoms. The van der Waals surface area contributed by atoms with Crippen LogP contribution in [0.5, 0.6) is 0 Å². The molecule has 0 spiro atoms. The van der Waals surface area contributed by atoms with Crippen molar-refractivity contribution in [1.29, 1.82) is 5.26 Å². The van der Waals surface area contributed by atoms with Crippen molar-refractivity contribution in [2.75, 3.05) is 17.7 Å². The molecule has 0 saturated carbocycles. The van der Waals surface area contributed by atoms with Gasteiger partial charge in [-0.3, -0.25) is 15.1 Å². The van der Waals surface area contributed by atoms with E-state index in [-0.39, 0.29) is 11.8 Å². The second-order valence-electron chi connectivity index (χ2n) is 9.62. The van der Waals surface area contributed by atoms with Gasteiger partial charge in [-0.1, -0.05) is 54.4 Å². The fourth-order valence-corrected chi connectivity index (χ4v) is 5.20. The molecule has 40 heavy (non-hydrogen) atoms. The molecule has 5 rings (SSSR count). The van der Waals surface area contributed by atoms with Crippen LogP contribution in [0.1, 0.15) is 48.4 Å². The third-order valence-corrected chi connectivity index (χ3v) is 7.26. The summed E-state index contributed by atoms with van der Waals surface area (Å²) in [6, 6.07) is 25.1. The van der Waals surface area contributed by atoms with Crippen molar-refractivity contribution in [3.05, 3.63) is 101 Å². The lowest BCUT2D eigenvalue weighted by Crippen LogP contribution is -2.14. The molecule has 2 heterocycles. The number of methoxy groups -OCH3 is 1. The second-order valence-corrected chi connectivity index (χ2v) is 10.1. The monoisotopic (exact) mass is 550 g/mol. The van der Waals surface area contributed by atoms with E-state index in [1.54, 1.807) is 36.5 Å². The highest BCUT2D eigenvalue weighted by Gasteiger charge is 2.20. The van der Waals surface area contributed by atoms with Crippen molar-refractivity contribution in [3.63, 3.8) is 0 Å². The summed E-state index contributed by atoms with van der Waals surface area (Å²) >= 11 is 6.20. The SMILES string of the molecule is COC(=O)Nc1ccc2c(c1)NC(=O)CCCCC(c1ccc(-c3cc(Cl)ccc3C#N)cn1)c1cccc-2c1. The number of aromatic nitrogens is 1. The predicted octanol–water partition coefficient (Wildman–Crippen LogP) is 7.76. The van der Waals surface area contributed by atoms with Gasteiger partial charge in [0.25, 0.3) is 0 Å². The molecule has 1 atom stereocenters. The number of amides is 2. The molecule has 2 N–H and O–H groups in total. The maximum absolute atomic E-state index is 12.8. The molecule has 2 bridgehead atoms. The maximum atomic E-state index is 12.8. The van der Waals surface area contributed by atoms with Crippen LogP contribution < -0.4 is 10.6 Å². The quantitative estimate of drug-likeness (QED) is 0.271. The van der Waals surface area contributed by atoms with E-state index in [0.29, 0.717) is 28.4 Å². The van der Waals surface area contributed by atoms with Gasteiger partial charge in [0.05, 0.1) is 24.4 Å². The molecule has 3 aromatic carbocycles. The largest absolute Gasteiger partial charge is 0.453 e. The van der Waals surface area contributed by atoms with Gasteiger partial charge in [-0.25, -0.2) is 4.79 Å². The van der Waals surface area contributed by atoms with Crippen molar-refractivity contribution in [2.45, 2.75) is 31.6 Å². The number of benzene rings is 3. The van der Waals surface area contributed by atoms with Gasteiger partial charge in [0.15, 0.2) is 0 Å². The van der Waals surface area contributed by atoms with Gasteiger partial charge in [0.2, 0.25) is 5.91 Å². The number of ether oxygens (including phenoxy) is 1. The summed E-state index contributed by atoms with van der Waals surface area (Å²) in [6.45, 7) is 0. The van der Waals surface area contributed by atoms with Crippen LogP contribution >= 0.6 is 11.6 Å². The zero-order valence-corrected chi connectivity index (χ0v) is 22.7. The second kappa shape index (κ2) is 12.0. The smallest absolute Gasteiger partial charge is 0.411 e. The van der Waals surface area contributed by atoms with E-state index < -0.39 is 6.09 Å². The van der Waals surface area contributed by atoms with E-state index >= 15 is 0 Å². The highest BCUT2D eigenvalue weighted by atomic mass is 35.5. The van der Waals surface area contributed by atoms with Crippen LogP contribution in [0.3, 0.4) is 0 Å². The number of nitrogens with zero attached hydrogens (tertiary/aromatic N) is 2. The number of nitrogens with one attached hydrogen (secondary N) is 2. The van der Waals surface area contributed by atoms with Gasteiger partial charge < -0.3 is 10.1 Å². The average Bonchev–Trinajstić information content (AvgIpc) is 2.97. The summed E-state index contributed by atoms with van der Waals surface area (Å²) in [5.41, 5.74) is 7.08. The molecule has 4 aromatic rings. The Morgan fingerprint density at radius 2 is 1.93 bits per heavy atom. The van der Waals surface area contributed by atoms with Crippen molar-refractivity contribution >= 4 is 35.0 Å². The van der Waals surface area contributed by atoms with Crippen LogP contribution in [0, 0.1) is 11.3 Å². The first kappa shape index (κ1) is 26.9. The molecule has 1 aliphatic heterocycles. The number of pyridine rings is 1. The number of nitriles is 1. The summed E-state index contributed by atoms with van der Waals surface area (Å²) < 4.78 is 4.71. The molecule has 0 saturated heterocycles. The van der Waals surface area contributed by atoms with Crippen LogP contribution in [0.2, 0.25) is 5.02 Å². The Hall–Kier alpha value is -4.67. The first-order valence-corrected chi connectivity index (χ1v) is 13.4. The van der Waals surface area contributed by atoms with Crippen LogP contribution in [0.4, 0.5) is 16.2 Å². The number of rotatable bonds is 3. The number of hydrogen-bond donors (Lipinski definition) is 2. The Kier molecular flexibility index (Phi) is 8.09. The van der Waals surface area contributed by atoms with Crippen molar-refractivity contribution < 1.29 is 14.3 Å². The van der Waals surface area contributed by atoms with Crippen molar-refractivity contribution in [1.82, 2.24) is 4.98 Å². The van der Waals surface area contributed by atoms with Crippen LogP contribution in [0.15, 0.2) is 79.0 Å². The van der Waals surface area contributed by atoms with Crippen molar-refractivity contribution in [3.8, 4) is 28.3 Å². The van der Waals surface area contributed by atoms with Crippen LogP contribution in [0.25, 0.3) is 22.3 Å². The van der Waals surface area contributed by atoms with E-state index in [4.69, 9.17) is 21.3 Å². The Balaban J connectivity index is 1.53. The fraction of sp³-hybridized carbons (Fsp3) is 0.188. The number of halogens is 1. The summed E-state index contributed by atoms with van der Waals surface area (Å²) in [6.07, 6.45) is 3.99. The lowest BCUT2D eigenvalue weighted by atomic mass is 9.87. The molecular weight excluding hydrogens is 524 g/mol. The molecule has 1 aromatic heterocycles. The fourth-order valence-electron chi connectivity index (χ4n) is 5.02. The van der Waals surface area contributed by atoms with Gasteiger partial charge in [0.1, 0.15) is 0 Å². The third kappa shape index (κ3) is 5.98. The van der Waals surface area contributed by atoms with E-state index in [2.05, 4.69) is 28.8 Å². The normalized spacial score (nSPS) is 14.9. The number of fused-ring (bicyclic) bond motifs is 4. The third-order valence-electron chi connectivity index (χ3n) is 7.03. The molecule has 0 aliphatic carbocycles. The molecule has 200 valence electrons. The predicted molar refractivity (Wildman–Crippen MR) is 156 cm³/mol. The maximum Gasteiger partial charge on any atom is 0.411 e. The van der Waals surface area contributed by atoms with Crippen molar-refractivity contribution in [2.24, 2.45) is 0 Å². The molecular formula is C32H27ClN4O3. The lowest BCUT2D eigenvalue weighted by molar-refractivity contribution is -0.116. The zero-order chi connectivity index (χ0) is 28.1. The number of carbonyl (C=O) groups is 2. The van der Waals surface area contributed by atoms with E-state index in [1.165, 1.54) is 7.11 Å². The summed E-state index contributed by atoms with van der Waals surface area (Å²) in [5, 5.41) is 15.8. The zero-order valence-electron chi connectivity index (χ0n) is 21.9. The highest BCUT2D eigenvalue weighted by molar-refractivity contribution is 6.30. The molecule has 7 nitrogen and oxygen atoms in total. The molecule has 0 fully saturated rings.